The van der Waals surface area contributed by atoms with Crippen LogP contribution in [0.15, 0.2) is 40.4 Å². The molecule has 0 bridgehead atoms. The number of fused-ring (bicyclic) bond motifs is 1. The minimum absolute atomic E-state index is 0.916. The van der Waals surface area contributed by atoms with E-state index in [1.807, 2.05) is 35.0 Å². The molecule has 1 nitrogen and oxygen atoms in total. The van der Waals surface area contributed by atoms with Crippen molar-refractivity contribution in [2.75, 3.05) is 0 Å². The summed E-state index contributed by atoms with van der Waals surface area (Å²) in [7, 11) is 0. The van der Waals surface area contributed by atoms with E-state index in [0.717, 1.165) is 15.3 Å². The standard InChI is InChI=1S/C8H7NS2/c10-7-5-9-4-2-1-3-6(9)8(7)11/h1-5,10-11H. The van der Waals surface area contributed by atoms with Crippen molar-refractivity contribution in [2.24, 2.45) is 0 Å². The molecule has 0 spiro atoms. The first-order valence-electron chi connectivity index (χ1n) is 3.26. The lowest BCUT2D eigenvalue weighted by atomic mass is 10.4. The molecule has 2 aromatic heterocycles. The van der Waals surface area contributed by atoms with E-state index in [0.29, 0.717) is 0 Å². The van der Waals surface area contributed by atoms with Crippen LogP contribution in [0.1, 0.15) is 0 Å². The van der Waals surface area contributed by atoms with Crippen LogP contribution in [0.5, 0.6) is 0 Å². The van der Waals surface area contributed by atoms with Crippen LogP contribution >= 0.6 is 25.3 Å². The smallest absolute Gasteiger partial charge is 0.0595 e. The quantitative estimate of drug-likeness (QED) is 0.576. The summed E-state index contributed by atoms with van der Waals surface area (Å²) in [5.41, 5.74) is 1.10. The Kier molecular flexibility index (Phi) is 1.62. The molecule has 0 aromatic carbocycles. The summed E-state index contributed by atoms with van der Waals surface area (Å²) in [6.45, 7) is 0. The van der Waals surface area contributed by atoms with Crippen LogP contribution in [0.25, 0.3) is 5.52 Å². The molecule has 0 radical (unpaired) electrons. The van der Waals surface area contributed by atoms with Crippen molar-refractivity contribution in [3.05, 3.63) is 30.6 Å². The molecule has 0 aliphatic carbocycles. The fourth-order valence-corrected chi connectivity index (χ4v) is 1.58. The Bertz CT molecular complexity index is 392. The lowest BCUT2D eigenvalue weighted by Crippen LogP contribution is -1.76. The van der Waals surface area contributed by atoms with E-state index >= 15 is 0 Å². The van der Waals surface area contributed by atoms with Crippen LogP contribution < -0.4 is 0 Å². The zero-order valence-electron chi connectivity index (χ0n) is 5.73. The zero-order valence-corrected chi connectivity index (χ0v) is 7.52. The third-order valence-corrected chi connectivity index (χ3v) is 2.62. The number of hydrogen-bond acceptors (Lipinski definition) is 2. The van der Waals surface area contributed by atoms with Crippen LogP contribution in [0.4, 0.5) is 0 Å². The van der Waals surface area contributed by atoms with Gasteiger partial charge >= 0.3 is 0 Å². The predicted octanol–water partition coefficient (Wildman–Crippen LogP) is 2.52. The minimum atomic E-state index is 0.916. The SMILES string of the molecule is Sc1cn2ccccc2c1S. The molecule has 2 rings (SSSR count). The Morgan fingerprint density at radius 2 is 2.00 bits per heavy atom. The number of nitrogens with zero attached hydrogens (tertiary/aromatic N) is 1. The molecule has 0 amide bonds. The van der Waals surface area contributed by atoms with E-state index in [2.05, 4.69) is 25.3 Å². The first-order valence-corrected chi connectivity index (χ1v) is 4.16. The highest BCUT2D eigenvalue weighted by atomic mass is 32.1. The van der Waals surface area contributed by atoms with Gasteiger partial charge in [0.1, 0.15) is 0 Å². The van der Waals surface area contributed by atoms with Gasteiger partial charge in [-0.2, -0.15) is 0 Å². The average molecular weight is 181 g/mol. The van der Waals surface area contributed by atoms with Crippen LogP contribution in [-0.4, -0.2) is 4.40 Å². The topological polar surface area (TPSA) is 4.41 Å². The molecule has 0 unspecified atom stereocenters. The van der Waals surface area contributed by atoms with E-state index in [-0.39, 0.29) is 0 Å². The number of aromatic nitrogens is 1. The van der Waals surface area contributed by atoms with Gasteiger partial charge in [0.25, 0.3) is 0 Å². The molecule has 0 fully saturated rings. The maximum atomic E-state index is 4.32. The van der Waals surface area contributed by atoms with Crippen LogP contribution in [0.3, 0.4) is 0 Å². The Hall–Kier alpha value is -0.540. The minimum Gasteiger partial charge on any atom is -0.322 e. The molecule has 3 heteroatoms. The van der Waals surface area contributed by atoms with Gasteiger partial charge in [0, 0.05) is 22.2 Å². The van der Waals surface area contributed by atoms with E-state index in [9.17, 15) is 0 Å². The van der Waals surface area contributed by atoms with Crippen LogP contribution in [-0.2, 0) is 0 Å². The fourth-order valence-electron chi connectivity index (χ4n) is 1.09. The van der Waals surface area contributed by atoms with Crippen molar-refractivity contribution in [1.29, 1.82) is 0 Å². The second-order valence-electron chi connectivity index (χ2n) is 2.36. The lowest BCUT2D eigenvalue weighted by molar-refractivity contribution is 1.18. The maximum Gasteiger partial charge on any atom is 0.0595 e. The molecular weight excluding hydrogens is 174 g/mol. The normalized spacial score (nSPS) is 10.7. The third-order valence-electron chi connectivity index (χ3n) is 1.64. The molecule has 0 N–H and O–H groups in total. The summed E-state index contributed by atoms with van der Waals surface area (Å²) in [6.07, 6.45) is 3.93. The Balaban J connectivity index is 2.92. The van der Waals surface area contributed by atoms with Crippen molar-refractivity contribution in [1.82, 2.24) is 4.40 Å². The summed E-state index contributed by atoms with van der Waals surface area (Å²) in [6, 6.07) is 5.98. The Morgan fingerprint density at radius 1 is 1.18 bits per heavy atom. The molecule has 2 aromatic rings. The first kappa shape index (κ1) is 7.13. The van der Waals surface area contributed by atoms with E-state index in [4.69, 9.17) is 0 Å². The van der Waals surface area contributed by atoms with Crippen molar-refractivity contribution in [3.8, 4) is 0 Å². The van der Waals surface area contributed by atoms with Crippen molar-refractivity contribution in [2.45, 2.75) is 9.79 Å². The van der Waals surface area contributed by atoms with Gasteiger partial charge < -0.3 is 4.40 Å². The summed E-state index contributed by atoms with van der Waals surface area (Å²) in [5.74, 6) is 0. The first-order chi connectivity index (χ1) is 5.29. The molecule has 0 saturated carbocycles. The fraction of sp³-hybridized carbons (Fsp3) is 0. The molecule has 0 atom stereocenters. The van der Waals surface area contributed by atoms with Gasteiger partial charge in [-0.1, -0.05) is 6.07 Å². The van der Waals surface area contributed by atoms with Gasteiger partial charge in [-0.25, -0.2) is 0 Å². The zero-order chi connectivity index (χ0) is 7.84. The van der Waals surface area contributed by atoms with E-state index in [1.165, 1.54) is 0 Å². The highest BCUT2D eigenvalue weighted by molar-refractivity contribution is 7.83. The summed E-state index contributed by atoms with van der Waals surface area (Å²) in [5, 5.41) is 0. The molecule has 0 aliphatic rings. The number of rotatable bonds is 0. The van der Waals surface area contributed by atoms with Crippen LogP contribution in [0.2, 0.25) is 0 Å². The Labute approximate surface area is 75.9 Å². The van der Waals surface area contributed by atoms with Gasteiger partial charge in [-0.3, -0.25) is 0 Å². The van der Waals surface area contributed by atoms with Crippen molar-refractivity contribution < 1.29 is 0 Å². The van der Waals surface area contributed by atoms with Gasteiger partial charge in [-0.15, -0.1) is 25.3 Å². The second-order valence-corrected chi connectivity index (χ2v) is 3.29. The van der Waals surface area contributed by atoms with Gasteiger partial charge in [-0.05, 0) is 12.1 Å². The predicted molar refractivity (Wildman–Crippen MR) is 51.9 cm³/mol. The summed E-state index contributed by atoms with van der Waals surface area (Å²) < 4.78 is 2.00. The summed E-state index contributed by atoms with van der Waals surface area (Å²) >= 11 is 8.58. The third kappa shape index (κ3) is 1.04. The van der Waals surface area contributed by atoms with Crippen molar-refractivity contribution >= 4 is 30.8 Å². The highest BCUT2D eigenvalue weighted by Gasteiger charge is 2.01. The number of hydrogen-bond donors (Lipinski definition) is 2. The van der Waals surface area contributed by atoms with Gasteiger partial charge in [0.05, 0.1) is 5.52 Å². The molecule has 11 heavy (non-hydrogen) atoms. The number of thiol groups is 2. The number of pyridine rings is 1. The molecular formula is C8H7NS2. The largest absolute Gasteiger partial charge is 0.322 e. The maximum absolute atomic E-state index is 4.32. The monoisotopic (exact) mass is 181 g/mol. The second kappa shape index (κ2) is 2.50. The van der Waals surface area contributed by atoms with Gasteiger partial charge in [0.2, 0.25) is 0 Å². The average Bonchev–Trinajstić information content (AvgIpc) is 2.30. The lowest BCUT2D eigenvalue weighted by Gasteiger charge is -1.91. The van der Waals surface area contributed by atoms with Crippen LogP contribution in [0, 0.1) is 0 Å². The molecule has 0 saturated heterocycles. The van der Waals surface area contributed by atoms with E-state index < -0.39 is 0 Å². The Morgan fingerprint density at radius 3 is 2.73 bits per heavy atom. The molecule has 56 valence electrons. The highest BCUT2D eigenvalue weighted by Crippen LogP contribution is 2.24. The van der Waals surface area contributed by atoms with E-state index in [1.54, 1.807) is 0 Å². The molecule has 0 aliphatic heterocycles. The summed E-state index contributed by atoms with van der Waals surface area (Å²) in [4.78, 5) is 1.86. The van der Waals surface area contributed by atoms with Gasteiger partial charge in [0.15, 0.2) is 0 Å². The van der Waals surface area contributed by atoms with Crippen molar-refractivity contribution in [3.63, 3.8) is 0 Å². The molecule has 2 heterocycles.